The summed E-state index contributed by atoms with van der Waals surface area (Å²) in [4.78, 5) is 0. The standard InChI is InChI=1S/C16H25NO2S/c1-12-5-6-15(19-2)13(9-12)14(18)10-17-11-16(20-3)7-4-8-16/h5-6,9,14,17-18H,4,7-8,10-11H2,1-3H3. The maximum atomic E-state index is 10.4. The summed E-state index contributed by atoms with van der Waals surface area (Å²) in [6.07, 6.45) is 5.55. The van der Waals surface area contributed by atoms with Crippen LogP contribution in [0.2, 0.25) is 0 Å². The van der Waals surface area contributed by atoms with Crippen molar-refractivity contribution in [2.24, 2.45) is 0 Å². The van der Waals surface area contributed by atoms with Gasteiger partial charge in [-0.1, -0.05) is 18.1 Å². The fraction of sp³-hybridized carbons (Fsp3) is 0.625. The van der Waals surface area contributed by atoms with Gasteiger partial charge in [0, 0.05) is 23.4 Å². The van der Waals surface area contributed by atoms with Crippen LogP contribution in [0.3, 0.4) is 0 Å². The second kappa shape index (κ2) is 6.83. The molecule has 1 aliphatic carbocycles. The van der Waals surface area contributed by atoms with Crippen LogP contribution < -0.4 is 10.1 Å². The van der Waals surface area contributed by atoms with Crippen molar-refractivity contribution in [1.82, 2.24) is 5.32 Å². The van der Waals surface area contributed by atoms with Gasteiger partial charge in [-0.05, 0) is 38.2 Å². The maximum Gasteiger partial charge on any atom is 0.124 e. The molecule has 20 heavy (non-hydrogen) atoms. The molecule has 4 heteroatoms. The van der Waals surface area contributed by atoms with Gasteiger partial charge in [0.15, 0.2) is 0 Å². The number of benzene rings is 1. The number of nitrogens with one attached hydrogen (secondary N) is 1. The predicted molar refractivity (Wildman–Crippen MR) is 85.7 cm³/mol. The lowest BCUT2D eigenvalue weighted by Crippen LogP contribution is -2.44. The summed E-state index contributed by atoms with van der Waals surface area (Å²) in [5.41, 5.74) is 2.01. The van der Waals surface area contributed by atoms with Crippen LogP contribution in [0, 0.1) is 6.92 Å². The van der Waals surface area contributed by atoms with E-state index < -0.39 is 6.10 Å². The Morgan fingerprint density at radius 3 is 2.75 bits per heavy atom. The molecule has 1 aromatic carbocycles. The van der Waals surface area contributed by atoms with Crippen LogP contribution in [0.5, 0.6) is 5.75 Å². The van der Waals surface area contributed by atoms with E-state index in [0.29, 0.717) is 11.3 Å². The normalized spacial score (nSPS) is 18.4. The lowest BCUT2D eigenvalue weighted by molar-refractivity contribution is 0.167. The zero-order valence-corrected chi connectivity index (χ0v) is 13.4. The topological polar surface area (TPSA) is 41.5 Å². The highest BCUT2D eigenvalue weighted by Crippen LogP contribution is 2.42. The Labute approximate surface area is 126 Å². The first-order valence-electron chi connectivity index (χ1n) is 7.19. The van der Waals surface area contributed by atoms with E-state index in [-0.39, 0.29) is 0 Å². The lowest BCUT2D eigenvalue weighted by atomic mass is 9.84. The third-order valence-corrected chi connectivity index (χ3v) is 5.65. The smallest absolute Gasteiger partial charge is 0.124 e. The summed E-state index contributed by atoms with van der Waals surface area (Å²) in [5.74, 6) is 0.758. The molecule has 1 aromatic rings. The van der Waals surface area contributed by atoms with Crippen molar-refractivity contribution in [2.75, 3.05) is 26.5 Å². The van der Waals surface area contributed by atoms with Crippen molar-refractivity contribution in [3.8, 4) is 5.75 Å². The molecule has 3 nitrogen and oxygen atoms in total. The fourth-order valence-electron chi connectivity index (χ4n) is 2.69. The lowest BCUT2D eigenvalue weighted by Gasteiger charge is -2.40. The fourth-order valence-corrected chi connectivity index (χ4v) is 3.63. The van der Waals surface area contributed by atoms with Crippen LogP contribution >= 0.6 is 11.8 Å². The van der Waals surface area contributed by atoms with E-state index in [2.05, 4.69) is 11.6 Å². The van der Waals surface area contributed by atoms with Gasteiger partial charge in [0.25, 0.3) is 0 Å². The molecular weight excluding hydrogens is 270 g/mol. The predicted octanol–water partition coefficient (Wildman–Crippen LogP) is 2.91. The largest absolute Gasteiger partial charge is 0.496 e. The molecule has 1 aliphatic rings. The van der Waals surface area contributed by atoms with Gasteiger partial charge in [0.1, 0.15) is 5.75 Å². The SMILES string of the molecule is COc1ccc(C)cc1C(O)CNCC1(SC)CCC1. The minimum absolute atomic E-state index is 0.399. The Morgan fingerprint density at radius 1 is 1.45 bits per heavy atom. The van der Waals surface area contributed by atoms with Gasteiger partial charge in [0.2, 0.25) is 0 Å². The minimum atomic E-state index is -0.524. The molecule has 0 saturated heterocycles. The van der Waals surface area contributed by atoms with Crippen LogP contribution in [0.4, 0.5) is 0 Å². The van der Waals surface area contributed by atoms with Gasteiger partial charge in [-0.2, -0.15) is 11.8 Å². The van der Waals surface area contributed by atoms with Crippen molar-refractivity contribution in [2.45, 2.75) is 37.0 Å². The summed E-state index contributed by atoms with van der Waals surface area (Å²) >= 11 is 1.95. The Bertz CT molecular complexity index is 441. The summed E-state index contributed by atoms with van der Waals surface area (Å²) in [6, 6.07) is 5.92. The molecule has 2 rings (SSSR count). The van der Waals surface area contributed by atoms with E-state index in [4.69, 9.17) is 4.74 Å². The number of aliphatic hydroxyl groups excluding tert-OH is 1. The van der Waals surface area contributed by atoms with Crippen molar-refractivity contribution in [1.29, 1.82) is 0 Å². The Balaban J connectivity index is 1.91. The number of rotatable bonds is 7. The highest BCUT2D eigenvalue weighted by molar-refractivity contribution is 8.00. The first kappa shape index (κ1) is 15.7. The zero-order valence-electron chi connectivity index (χ0n) is 12.6. The van der Waals surface area contributed by atoms with E-state index >= 15 is 0 Å². The zero-order chi connectivity index (χ0) is 14.6. The van der Waals surface area contributed by atoms with Gasteiger partial charge in [-0.3, -0.25) is 0 Å². The monoisotopic (exact) mass is 295 g/mol. The van der Waals surface area contributed by atoms with Crippen LogP contribution in [-0.4, -0.2) is 36.3 Å². The molecule has 1 fully saturated rings. The number of ether oxygens (including phenoxy) is 1. The molecule has 0 aliphatic heterocycles. The van der Waals surface area contributed by atoms with Gasteiger partial charge in [-0.15, -0.1) is 0 Å². The third-order valence-electron chi connectivity index (χ3n) is 4.23. The second-order valence-electron chi connectivity index (χ2n) is 5.63. The minimum Gasteiger partial charge on any atom is -0.496 e. The van der Waals surface area contributed by atoms with E-state index in [1.54, 1.807) is 7.11 Å². The molecule has 0 amide bonds. The quantitative estimate of drug-likeness (QED) is 0.811. The molecule has 0 bridgehead atoms. The van der Waals surface area contributed by atoms with Gasteiger partial charge in [0.05, 0.1) is 13.2 Å². The molecule has 0 radical (unpaired) electrons. The summed E-state index contributed by atoms with van der Waals surface area (Å²) in [5, 5.41) is 13.8. The molecule has 1 atom stereocenters. The number of hydrogen-bond acceptors (Lipinski definition) is 4. The van der Waals surface area contributed by atoms with Crippen molar-refractivity contribution >= 4 is 11.8 Å². The van der Waals surface area contributed by atoms with E-state index in [9.17, 15) is 5.11 Å². The van der Waals surface area contributed by atoms with Crippen LogP contribution in [0.15, 0.2) is 18.2 Å². The number of aliphatic hydroxyl groups is 1. The Hall–Kier alpha value is -0.710. The molecule has 2 N–H and O–H groups in total. The molecule has 0 heterocycles. The second-order valence-corrected chi connectivity index (χ2v) is 6.91. The number of methoxy groups -OCH3 is 1. The number of aryl methyl sites for hydroxylation is 1. The highest BCUT2D eigenvalue weighted by Gasteiger charge is 2.35. The average Bonchev–Trinajstić information content (AvgIpc) is 2.41. The highest BCUT2D eigenvalue weighted by atomic mass is 32.2. The van der Waals surface area contributed by atoms with Crippen molar-refractivity contribution in [3.63, 3.8) is 0 Å². The number of thioether (sulfide) groups is 1. The molecular formula is C16H25NO2S. The molecule has 1 saturated carbocycles. The van der Waals surface area contributed by atoms with Gasteiger partial charge < -0.3 is 15.2 Å². The Morgan fingerprint density at radius 2 is 2.20 bits per heavy atom. The van der Waals surface area contributed by atoms with Crippen LogP contribution in [-0.2, 0) is 0 Å². The van der Waals surface area contributed by atoms with Crippen molar-refractivity contribution in [3.05, 3.63) is 29.3 Å². The van der Waals surface area contributed by atoms with Crippen LogP contribution in [0.25, 0.3) is 0 Å². The van der Waals surface area contributed by atoms with E-state index in [1.165, 1.54) is 19.3 Å². The summed E-state index contributed by atoms with van der Waals surface area (Å²) in [7, 11) is 1.64. The molecule has 1 unspecified atom stereocenters. The molecule has 112 valence electrons. The average molecular weight is 295 g/mol. The summed E-state index contributed by atoms with van der Waals surface area (Å²) in [6.45, 7) is 3.57. The first-order chi connectivity index (χ1) is 9.60. The van der Waals surface area contributed by atoms with E-state index in [1.807, 2.05) is 36.9 Å². The van der Waals surface area contributed by atoms with E-state index in [0.717, 1.165) is 23.4 Å². The Kier molecular flexibility index (Phi) is 5.35. The van der Waals surface area contributed by atoms with Crippen molar-refractivity contribution < 1.29 is 9.84 Å². The molecule has 0 aromatic heterocycles. The summed E-state index contributed by atoms with van der Waals surface area (Å²) < 4.78 is 5.73. The molecule has 0 spiro atoms. The van der Waals surface area contributed by atoms with Gasteiger partial charge in [-0.25, -0.2) is 0 Å². The van der Waals surface area contributed by atoms with Gasteiger partial charge >= 0.3 is 0 Å². The van der Waals surface area contributed by atoms with Crippen LogP contribution in [0.1, 0.15) is 36.5 Å². The number of hydrogen-bond donors (Lipinski definition) is 2. The maximum absolute atomic E-state index is 10.4. The third kappa shape index (κ3) is 3.48. The first-order valence-corrected chi connectivity index (χ1v) is 8.41.